The molecule has 0 bridgehead atoms. The summed E-state index contributed by atoms with van der Waals surface area (Å²) in [6, 6.07) is 3.82. The van der Waals surface area contributed by atoms with Crippen LogP contribution in [0.5, 0.6) is 0 Å². The summed E-state index contributed by atoms with van der Waals surface area (Å²) in [7, 11) is 0. The molecule has 1 aromatic carbocycles. The molecule has 0 radical (unpaired) electrons. The van der Waals surface area contributed by atoms with Gasteiger partial charge in [-0.1, -0.05) is 6.92 Å². The Morgan fingerprint density at radius 2 is 1.78 bits per heavy atom. The van der Waals surface area contributed by atoms with Gasteiger partial charge in [-0.05, 0) is 18.2 Å². The number of hydrogen-bond donors (Lipinski definition) is 0. The van der Waals surface area contributed by atoms with Gasteiger partial charge in [0.1, 0.15) is 11.6 Å². The van der Waals surface area contributed by atoms with Gasteiger partial charge in [0.25, 0.3) is 0 Å². The summed E-state index contributed by atoms with van der Waals surface area (Å²) in [5.74, 6) is -4.09. The van der Waals surface area contributed by atoms with Crippen LogP contribution < -0.4 is 0 Å². The zero-order valence-corrected chi connectivity index (χ0v) is 9.47. The van der Waals surface area contributed by atoms with E-state index >= 15 is 0 Å². The molecule has 0 unspecified atom stereocenters. The fourth-order valence-electron chi connectivity index (χ4n) is 1.52. The first kappa shape index (κ1) is 12.4. The van der Waals surface area contributed by atoms with Crippen LogP contribution in [-0.2, 0) is 6.42 Å². The molecule has 0 spiro atoms. The standard InChI is InChI=1S/C13H9F3O2/c1-2-7-3-4-12(18-7)13(17)8-5-10(15)11(16)6-9(8)14/h3-6H,2H2,1H3. The Balaban J connectivity index is 2.42. The molecular weight excluding hydrogens is 245 g/mol. The van der Waals surface area contributed by atoms with Gasteiger partial charge >= 0.3 is 0 Å². The van der Waals surface area contributed by atoms with E-state index in [2.05, 4.69) is 0 Å². The molecule has 2 nitrogen and oxygen atoms in total. The van der Waals surface area contributed by atoms with Gasteiger partial charge in [-0.15, -0.1) is 0 Å². The lowest BCUT2D eigenvalue weighted by Gasteiger charge is -2.01. The van der Waals surface area contributed by atoms with Gasteiger partial charge in [-0.25, -0.2) is 13.2 Å². The second kappa shape index (κ2) is 4.68. The van der Waals surface area contributed by atoms with Crippen molar-refractivity contribution in [2.75, 3.05) is 0 Å². The van der Waals surface area contributed by atoms with E-state index in [0.29, 0.717) is 24.3 Å². The highest BCUT2D eigenvalue weighted by atomic mass is 19.2. The minimum atomic E-state index is -1.34. The van der Waals surface area contributed by atoms with E-state index < -0.39 is 28.8 Å². The van der Waals surface area contributed by atoms with E-state index in [9.17, 15) is 18.0 Å². The Morgan fingerprint density at radius 1 is 1.11 bits per heavy atom. The van der Waals surface area contributed by atoms with Crippen molar-refractivity contribution in [3.8, 4) is 0 Å². The molecule has 5 heteroatoms. The lowest BCUT2D eigenvalue weighted by Crippen LogP contribution is -2.05. The zero-order chi connectivity index (χ0) is 13.3. The number of ketones is 1. The lowest BCUT2D eigenvalue weighted by molar-refractivity contribution is 0.100. The fraction of sp³-hybridized carbons (Fsp3) is 0.154. The number of furan rings is 1. The Hall–Kier alpha value is -2.04. The van der Waals surface area contributed by atoms with Crippen LogP contribution in [0.15, 0.2) is 28.7 Å². The van der Waals surface area contributed by atoms with E-state index in [4.69, 9.17) is 4.42 Å². The summed E-state index contributed by atoms with van der Waals surface area (Å²) in [5, 5.41) is 0. The average molecular weight is 254 g/mol. The molecule has 2 rings (SSSR count). The van der Waals surface area contributed by atoms with Gasteiger partial charge in [0.2, 0.25) is 5.78 Å². The van der Waals surface area contributed by atoms with Crippen molar-refractivity contribution < 1.29 is 22.4 Å². The Bertz CT molecular complexity index is 602. The van der Waals surface area contributed by atoms with E-state index in [1.54, 1.807) is 6.07 Å². The summed E-state index contributed by atoms with van der Waals surface area (Å²) in [4.78, 5) is 11.8. The molecule has 0 aliphatic rings. The molecule has 2 aromatic rings. The first-order valence-electron chi connectivity index (χ1n) is 5.31. The Labute approximate surface area is 101 Å². The van der Waals surface area contributed by atoms with Crippen LogP contribution in [0.3, 0.4) is 0 Å². The third kappa shape index (κ3) is 2.16. The van der Waals surface area contributed by atoms with Gasteiger partial charge in [0.15, 0.2) is 17.4 Å². The second-order valence-electron chi connectivity index (χ2n) is 3.69. The molecular formula is C13H9F3O2. The summed E-state index contributed by atoms with van der Waals surface area (Å²) in [6.07, 6.45) is 0.577. The van der Waals surface area contributed by atoms with Gasteiger partial charge in [0.05, 0.1) is 5.56 Å². The largest absolute Gasteiger partial charge is 0.458 e. The van der Waals surface area contributed by atoms with Crippen LogP contribution in [0.25, 0.3) is 0 Å². The van der Waals surface area contributed by atoms with Crippen LogP contribution in [0.1, 0.15) is 28.8 Å². The Morgan fingerprint density at radius 3 is 2.39 bits per heavy atom. The topological polar surface area (TPSA) is 30.2 Å². The molecule has 0 amide bonds. The molecule has 0 saturated carbocycles. The van der Waals surface area contributed by atoms with Crippen molar-refractivity contribution in [2.45, 2.75) is 13.3 Å². The van der Waals surface area contributed by atoms with Gasteiger partial charge in [0, 0.05) is 12.5 Å². The number of halogens is 3. The normalized spacial score (nSPS) is 10.7. The summed E-state index contributed by atoms with van der Waals surface area (Å²) < 4.78 is 44.2. The van der Waals surface area contributed by atoms with Crippen LogP contribution in [0.4, 0.5) is 13.2 Å². The van der Waals surface area contributed by atoms with Crippen molar-refractivity contribution >= 4 is 5.78 Å². The maximum absolute atomic E-state index is 13.4. The quantitative estimate of drug-likeness (QED) is 0.620. The maximum Gasteiger partial charge on any atom is 0.231 e. The number of carbonyl (C=O) groups is 1. The maximum atomic E-state index is 13.4. The van der Waals surface area contributed by atoms with Gasteiger partial charge in [-0.2, -0.15) is 0 Å². The summed E-state index contributed by atoms with van der Waals surface area (Å²) in [5.41, 5.74) is -0.550. The number of aryl methyl sites for hydroxylation is 1. The molecule has 0 aliphatic heterocycles. The molecule has 94 valence electrons. The highest BCUT2D eigenvalue weighted by Gasteiger charge is 2.20. The molecule has 18 heavy (non-hydrogen) atoms. The van der Waals surface area contributed by atoms with E-state index in [0.717, 1.165) is 0 Å². The number of carbonyl (C=O) groups excluding carboxylic acids is 1. The summed E-state index contributed by atoms with van der Waals surface area (Å²) in [6.45, 7) is 1.82. The van der Waals surface area contributed by atoms with Gasteiger partial charge in [-0.3, -0.25) is 4.79 Å². The van der Waals surface area contributed by atoms with Gasteiger partial charge < -0.3 is 4.42 Å². The van der Waals surface area contributed by atoms with Crippen molar-refractivity contribution in [1.82, 2.24) is 0 Å². The van der Waals surface area contributed by atoms with E-state index in [-0.39, 0.29) is 5.76 Å². The zero-order valence-electron chi connectivity index (χ0n) is 9.47. The number of hydrogen-bond acceptors (Lipinski definition) is 2. The first-order chi connectivity index (χ1) is 8.52. The molecule has 0 atom stereocenters. The summed E-state index contributed by atoms with van der Waals surface area (Å²) >= 11 is 0. The molecule has 1 aromatic heterocycles. The van der Waals surface area contributed by atoms with Crippen LogP contribution in [-0.4, -0.2) is 5.78 Å². The highest BCUT2D eigenvalue weighted by molar-refractivity contribution is 6.07. The molecule has 1 heterocycles. The van der Waals surface area contributed by atoms with Crippen LogP contribution >= 0.6 is 0 Å². The van der Waals surface area contributed by atoms with E-state index in [1.165, 1.54) is 6.07 Å². The predicted octanol–water partition coefficient (Wildman–Crippen LogP) is 3.49. The van der Waals surface area contributed by atoms with Crippen LogP contribution in [0.2, 0.25) is 0 Å². The Kier molecular flexibility index (Phi) is 3.23. The third-order valence-corrected chi connectivity index (χ3v) is 2.49. The monoisotopic (exact) mass is 254 g/mol. The smallest absolute Gasteiger partial charge is 0.231 e. The number of rotatable bonds is 3. The van der Waals surface area contributed by atoms with Crippen molar-refractivity contribution in [1.29, 1.82) is 0 Å². The van der Waals surface area contributed by atoms with Crippen LogP contribution in [0, 0.1) is 17.5 Å². The van der Waals surface area contributed by atoms with Crippen molar-refractivity contribution in [3.05, 3.63) is 58.8 Å². The SMILES string of the molecule is CCc1ccc(C(=O)c2cc(F)c(F)cc2F)o1. The fourth-order valence-corrected chi connectivity index (χ4v) is 1.52. The molecule has 0 fully saturated rings. The first-order valence-corrected chi connectivity index (χ1v) is 5.31. The van der Waals surface area contributed by atoms with Crippen molar-refractivity contribution in [2.24, 2.45) is 0 Å². The lowest BCUT2D eigenvalue weighted by atomic mass is 10.1. The molecule has 0 N–H and O–H groups in total. The third-order valence-electron chi connectivity index (χ3n) is 2.49. The van der Waals surface area contributed by atoms with E-state index in [1.807, 2.05) is 6.92 Å². The highest BCUT2D eigenvalue weighted by Crippen LogP contribution is 2.19. The average Bonchev–Trinajstić information content (AvgIpc) is 2.81. The minimum Gasteiger partial charge on any atom is -0.458 e. The van der Waals surface area contributed by atoms with Crippen molar-refractivity contribution in [3.63, 3.8) is 0 Å². The number of benzene rings is 1. The second-order valence-corrected chi connectivity index (χ2v) is 3.69. The minimum absolute atomic E-state index is 0.100. The predicted molar refractivity (Wildman–Crippen MR) is 57.8 cm³/mol. The molecule has 0 saturated heterocycles. The molecule has 0 aliphatic carbocycles.